The number of aromatic nitrogens is 2. The lowest BCUT2D eigenvalue weighted by atomic mass is 10.1. The Bertz CT molecular complexity index is 667. The molecule has 0 aliphatic carbocycles. The van der Waals surface area contributed by atoms with Gasteiger partial charge in [-0.05, 0) is 48.6 Å². The first-order valence-corrected chi connectivity index (χ1v) is 7.74. The molecule has 4 nitrogen and oxygen atoms in total. The fourth-order valence-electron chi connectivity index (χ4n) is 1.92. The smallest absolute Gasteiger partial charge is 0.212 e. The summed E-state index contributed by atoms with van der Waals surface area (Å²) in [6, 6.07) is 5.35. The lowest BCUT2D eigenvalue weighted by Gasteiger charge is -2.12. The van der Waals surface area contributed by atoms with Crippen LogP contribution >= 0.6 is 27.5 Å². The largest absolute Gasteiger partial charge is 0.308 e. The number of halogens is 2. The van der Waals surface area contributed by atoms with E-state index in [0.717, 1.165) is 12.1 Å². The van der Waals surface area contributed by atoms with Crippen molar-refractivity contribution in [1.82, 2.24) is 14.7 Å². The summed E-state index contributed by atoms with van der Waals surface area (Å²) in [6.45, 7) is 3.37. The molecule has 21 heavy (non-hydrogen) atoms. The Labute approximate surface area is 137 Å². The molecule has 0 saturated heterocycles. The van der Waals surface area contributed by atoms with E-state index in [4.69, 9.17) is 11.6 Å². The molecule has 1 aromatic heterocycles. The molecule has 0 unspecified atom stereocenters. The number of benzene rings is 1. The van der Waals surface area contributed by atoms with Crippen molar-refractivity contribution >= 4 is 33.3 Å². The molecular formula is C15H17BrClN3O. The molecule has 0 atom stereocenters. The maximum atomic E-state index is 12.7. The third-order valence-corrected chi connectivity index (χ3v) is 4.19. The van der Waals surface area contributed by atoms with E-state index in [1.54, 1.807) is 23.0 Å². The standard InChI is InChI=1S/C15H17BrClN3O/c1-10-4-5-11(8-13(10)17)15(21)14-12(16)9-18-20(14)7-6-19(2)3/h4-5,8-9H,6-7H2,1-3H3. The first-order chi connectivity index (χ1) is 9.90. The Morgan fingerprint density at radius 1 is 1.43 bits per heavy atom. The topological polar surface area (TPSA) is 38.1 Å². The molecule has 0 radical (unpaired) electrons. The van der Waals surface area contributed by atoms with Crippen molar-refractivity contribution in [1.29, 1.82) is 0 Å². The van der Waals surface area contributed by atoms with E-state index in [-0.39, 0.29) is 5.78 Å². The van der Waals surface area contributed by atoms with E-state index >= 15 is 0 Å². The molecule has 0 aliphatic rings. The quantitative estimate of drug-likeness (QED) is 0.757. The summed E-state index contributed by atoms with van der Waals surface area (Å²) in [5, 5.41) is 4.86. The number of hydrogen-bond donors (Lipinski definition) is 0. The minimum atomic E-state index is -0.0833. The summed E-state index contributed by atoms with van der Waals surface area (Å²) in [5.41, 5.74) is 2.07. The molecule has 0 bridgehead atoms. The van der Waals surface area contributed by atoms with E-state index in [1.165, 1.54) is 0 Å². The van der Waals surface area contributed by atoms with Crippen LogP contribution in [-0.2, 0) is 6.54 Å². The zero-order valence-corrected chi connectivity index (χ0v) is 14.6. The van der Waals surface area contributed by atoms with E-state index in [0.29, 0.717) is 27.3 Å². The lowest BCUT2D eigenvalue weighted by Crippen LogP contribution is -2.21. The number of likely N-dealkylation sites (N-methyl/N-ethyl adjacent to an activating group) is 1. The SMILES string of the molecule is Cc1ccc(C(=O)c2c(Br)cnn2CCN(C)C)cc1Cl. The van der Waals surface area contributed by atoms with Crippen LogP contribution in [0.15, 0.2) is 28.9 Å². The van der Waals surface area contributed by atoms with Gasteiger partial charge >= 0.3 is 0 Å². The second kappa shape index (κ2) is 6.73. The molecule has 6 heteroatoms. The molecule has 1 aromatic carbocycles. The van der Waals surface area contributed by atoms with Crippen molar-refractivity contribution < 1.29 is 4.79 Å². The molecule has 0 saturated carbocycles. The number of nitrogens with zero attached hydrogens (tertiary/aromatic N) is 3. The maximum Gasteiger partial charge on any atom is 0.212 e. The zero-order chi connectivity index (χ0) is 15.6. The van der Waals surface area contributed by atoms with Crippen LogP contribution in [0.5, 0.6) is 0 Å². The van der Waals surface area contributed by atoms with Crippen molar-refractivity contribution in [3.05, 3.63) is 50.7 Å². The van der Waals surface area contributed by atoms with Gasteiger partial charge in [0, 0.05) is 17.1 Å². The monoisotopic (exact) mass is 369 g/mol. The molecule has 2 rings (SSSR count). The lowest BCUT2D eigenvalue weighted by molar-refractivity contribution is 0.102. The zero-order valence-electron chi connectivity index (χ0n) is 12.2. The Balaban J connectivity index is 2.34. The van der Waals surface area contributed by atoms with Gasteiger partial charge in [0.1, 0.15) is 5.69 Å². The number of ketones is 1. The normalized spacial score (nSPS) is 11.1. The number of rotatable bonds is 5. The van der Waals surface area contributed by atoms with Crippen molar-refractivity contribution in [2.75, 3.05) is 20.6 Å². The van der Waals surface area contributed by atoms with Gasteiger partial charge in [-0.25, -0.2) is 0 Å². The summed E-state index contributed by atoms with van der Waals surface area (Å²) in [4.78, 5) is 14.7. The molecule has 2 aromatic rings. The fourth-order valence-corrected chi connectivity index (χ4v) is 2.58. The van der Waals surface area contributed by atoms with Crippen LogP contribution in [-0.4, -0.2) is 41.1 Å². The Morgan fingerprint density at radius 3 is 2.76 bits per heavy atom. The number of carbonyl (C=O) groups is 1. The van der Waals surface area contributed by atoms with Crippen molar-refractivity contribution in [2.24, 2.45) is 0 Å². The fraction of sp³-hybridized carbons (Fsp3) is 0.333. The van der Waals surface area contributed by atoms with Crippen molar-refractivity contribution in [3.8, 4) is 0 Å². The number of hydrogen-bond acceptors (Lipinski definition) is 3. The predicted molar refractivity (Wildman–Crippen MR) is 88.1 cm³/mol. The van der Waals surface area contributed by atoms with E-state index in [9.17, 15) is 4.79 Å². The van der Waals surface area contributed by atoms with Gasteiger partial charge in [-0.3, -0.25) is 9.48 Å². The molecular weight excluding hydrogens is 354 g/mol. The third kappa shape index (κ3) is 3.73. The third-order valence-electron chi connectivity index (χ3n) is 3.20. The van der Waals surface area contributed by atoms with Gasteiger partial charge in [-0.15, -0.1) is 0 Å². The predicted octanol–water partition coefficient (Wildman–Crippen LogP) is 3.40. The van der Waals surface area contributed by atoms with Gasteiger partial charge in [-0.2, -0.15) is 5.10 Å². The molecule has 0 aliphatic heterocycles. The van der Waals surface area contributed by atoms with Crippen LogP contribution in [0.2, 0.25) is 5.02 Å². The second-order valence-electron chi connectivity index (χ2n) is 5.16. The number of aryl methyl sites for hydroxylation is 1. The van der Waals surface area contributed by atoms with E-state index < -0.39 is 0 Å². The summed E-state index contributed by atoms with van der Waals surface area (Å²) in [7, 11) is 3.97. The van der Waals surface area contributed by atoms with Gasteiger partial charge in [-0.1, -0.05) is 23.7 Å². The summed E-state index contributed by atoms with van der Waals surface area (Å²) < 4.78 is 2.42. The molecule has 112 valence electrons. The van der Waals surface area contributed by atoms with Gasteiger partial charge in [0.2, 0.25) is 5.78 Å². The minimum Gasteiger partial charge on any atom is -0.308 e. The molecule has 1 heterocycles. The van der Waals surface area contributed by atoms with Crippen LogP contribution in [0.4, 0.5) is 0 Å². The van der Waals surface area contributed by atoms with Crippen LogP contribution in [0.25, 0.3) is 0 Å². The first-order valence-electron chi connectivity index (χ1n) is 6.57. The average Bonchev–Trinajstić information content (AvgIpc) is 2.80. The second-order valence-corrected chi connectivity index (χ2v) is 6.42. The Morgan fingerprint density at radius 2 is 2.14 bits per heavy atom. The van der Waals surface area contributed by atoms with Gasteiger partial charge in [0.05, 0.1) is 17.2 Å². The summed E-state index contributed by atoms with van der Waals surface area (Å²) >= 11 is 9.51. The molecule has 0 N–H and O–H groups in total. The highest BCUT2D eigenvalue weighted by atomic mass is 79.9. The Hall–Kier alpha value is -1.17. The first kappa shape index (κ1) is 16.2. The maximum absolute atomic E-state index is 12.7. The van der Waals surface area contributed by atoms with Crippen LogP contribution < -0.4 is 0 Å². The van der Waals surface area contributed by atoms with Crippen LogP contribution in [0.1, 0.15) is 21.6 Å². The van der Waals surface area contributed by atoms with Crippen LogP contribution in [0.3, 0.4) is 0 Å². The highest BCUT2D eigenvalue weighted by Crippen LogP contribution is 2.23. The van der Waals surface area contributed by atoms with E-state index in [2.05, 4.69) is 21.0 Å². The van der Waals surface area contributed by atoms with Crippen molar-refractivity contribution in [2.45, 2.75) is 13.5 Å². The van der Waals surface area contributed by atoms with E-state index in [1.807, 2.05) is 32.0 Å². The highest BCUT2D eigenvalue weighted by Gasteiger charge is 2.19. The highest BCUT2D eigenvalue weighted by molar-refractivity contribution is 9.10. The molecule has 0 amide bonds. The summed E-state index contributed by atoms with van der Waals surface area (Å²) in [5.74, 6) is -0.0833. The van der Waals surface area contributed by atoms with Crippen LogP contribution in [0, 0.1) is 6.92 Å². The average molecular weight is 371 g/mol. The Kier molecular flexibility index (Phi) is 5.19. The molecule has 0 fully saturated rings. The summed E-state index contributed by atoms with van der Waals surface area (Å²) in [6.07, 6.45) is 1.65. The minimum absolute atomic E-state index is 0.0833. The van der Waals surface area contributed by atoms with Crippen molar-refractivity contribution in [3.63, 3.8) is 0 Å². The van der Waals surface area contributed by atoms with Gasteiger partial charge in [0.25, 0.3) is 0 Å². The van der Waals surface area contributed by atoms with Gasteiger partial charge in [0.15, 0.2) is 0 Å². The molecule has 0 spiro atoms. The van der Waals surface area contributed by atoms with Gasteiger partial charge < -0.3 is 4.90 Å². The number of carbonyl (C=O) groups excluding carboxylic acids is 1.